The van der Waals surface area contributed by atoms with Crippen LogP contribution in [0.2, 0.25) is 0 Å². The highest BCUT2D eigenvalue weighted by molar-refractivity contribution is 6.06. The molecule has 0 bridgehead atoms. The first kappa shape index (κ1) is 18.1. The van der Waals surface area contributed by atoms with Crippen molar-refractivity contribution in [2.75, 3.05) is 7.11 Å². The summed E-state index contributed by atoms with van der Waals surface area (Å²) in [5, 5.41) is 6.17. The zero-order valence-corrected chi connectivity index (χ0v) is 16.2. The zero-order valence-electron chi connectivity index (χ0n) is 16.2. The Bertz CT molecular complexity index is 1250. The van der Waals surface area contributed by atoms with Crippen molar-refractivity contribution < 1.29 is 13.9 Å². The molecule has 30 heavy (non-hydrogen) atoms. The van der Waals surface area contributed by atoms with Gasteiger partial charge in [0, 0.05) is 24.4 Å². The molecule has 1 atom stereocenters. The number of para-hydroxylation sites is 1. The van der Waals surface area contributed by atoms with E-state index in [-0.39, 0.29) is 17.7 Å². The summed E-state index contributed by atoms with van der Waals surface area (Å²) in [5.41, 5.74) is 4.13. The van der Waals surface area contributed by atoms with Crippen LogP contribution in [0.5, 0.6) is 5.75 Å². The highest BCUT2D eigenvalue weighted by atomic mass is 16.5. The number of hydrogen-bond donors (Lipinski definition) is 0. The van der Waals surface area contributed by atoms with E-state index >= 15 is 0 Å². The summed E-state index contributed by atoms with van der Waals surface area (Å²) < 4.78 is 10.8. The summed E-state index contributed by atoms with van der Waals surface area (Å²) >= 11 is 0. The number of hydrogen-bond acceptors (Lipinski definition) is 6. The minimum atomic E-state index is -0.297. The van der Waals surface area contributed by atoms with E-state index in [1.165, 1.54) is 11.3 Å². The number of hydrazone groups is 1. The van der Waals surface area contributed by atoms with Gasteiger partial charge < -0.3 is 9.15 Å². The third-order valence-corrected chi connectivity index (χ3v) is 5.15. The summed E-state index contributed by atoms with van der Waals surface area (Å²) in [6.07, 6.45) is 5.34. The molecule has 1 aliphatic rings. The fourth-order valence-electron chi connectivity index (χ4n) is 3.70. The van der Waals surface area contributed by atoms with Crippen molar-refractivity contribution in [3.05, 3.63) is 90.1 Å². The average Bonchev–Trinajstić information content (AvgIpc) is 3.49. The van der Waals surface area contributed by atoms with E-state index in [4.69, 9.17) is 9.15 Å². The van der Waals surface area contributed by atoms with E-state index < -0.39 is 0 Å². The van der Waals surface area contributed by atoms with Crippen LogP contribution in [0, 0.1) is 0 Å². The van der Waals surface area contributed by atoms with Gasteiger partial charge in [0.2, 0.25) is 0 Å². The third kappa shape index (κ3) is 3.10. The molecule has 2 aromatic heterocycles. The van der Waals surface area contributed by atoms with Crippen molar-refractivity contribution in [2.24, 2.45) is 5.10 Å². The van der Waals surface area contributed by atoms with Crippen molar-refractivity contribution in [2.45, 2.75) is 12.5 Å². The van der Waals surface area contributed by atoms with Crippen LogP contribution in [-0.2, 0) is 0 Å². The molecule has 0 N–H and O–H groups in total. The molecule has 148 valence electrons. The number of benzene rings is 2. The predicted octanol–water partition coefficient (Wildman–Crippen LogP) is 4.22. The summed E-state index contributed by atoms with van der Waals surface area (Å²) in [4.78, 5) is 21.9. The number of fused-ring (bicyclic) bond motifs is 1. The maximum Gasteiger partial charge on any atom is 0.310 e. The first-order chi connectivity index (χ1) is 14.7. The molecule has 2 aromatic carbocycles. The molecular formula is C23H18N4O3. The fourth-order valence-corrected chi connectivity index (χ4v) is 3.70. The highest BCUT2D eigenvalue weighted by Crippen LogP contribution is 2.36. The Kier molecular flexibility index (Phi) is 4.48. The number of carbonyl (C=O) groups is 1. The molecule has 4 aromatic rings. The van der Waals surface area contributed by atoms with Crippen LogP contribution in [0.3, 0.4) is 0 Å². The number of ether oxygens (including phenoxy) is 1. The summed E-state index contributed by atoms with van der Waals surface area (Å²) in [6.45, 7) is 0. The van der Waals surface area contributed by atoms with Gasteiger partial charge in [-0.2, -0.15) is 5.10 Å². The molecular weight excluding hydrogens is 380 g/mol. The van der Waals surface area contributed by atoms with Gasteiger partial charge in [0.25, 0.3) is 0 Å². The van der Waals surface area contributed by atoms with Gasteiger partial charge in [0.1, 0.15) is 5.75 Å². The molecule has 0 fully saturated rings. The van der Waals surface area contributed by atoms with Crippen molar-refractivity contribution in [3.63, 3.8) is 0 Å². The molecule has 7 heteroatoms. The molecule has 0 unspecified atom stereocenters. The average molecular weight is 398 g/mol. The molecule has 7 nitrogen and oxygen atoms in total. The Labute approximate surface area is 172 Å². The van der Waals surface area contributed by atoms with Crippen LogP contribution >= 0.6 is 0 Å². The second-order valence-electron chi connectivity index (χ2n) is 6.90. The maximum atomic E-state index is 13.2. The van der Waals surface area contributed by atoms with E-state index in [9.17, 15) is 4.79 Å². The van der Waals surface area contributed by atoms with E-state index in [2.05, 4.69) is 15.1 Å². The van der Waals surface area contributed by atoms with Gasteiger partial charge in [0.15, 0.2) is 5.76 Å². The van der Waals surface area contributed by atoms with Gasteiger partial charge in [-0.05, 0) is 42.0 Å². The van der Waals surface area contributed by atoms with E-state index in [1.54, 1.807) is 31.6 Å². The fraction of sp³-hybridized carbons (Fsp3) is 0.130. The van der Waals surface area contributed by atoms with Crippen LogP contribution in [0.25, 0.3) is 11.0 Å². The van der Waals surface area contributed by atoms with Crippen LogP contribution < -0.4 is 4.74 Å². The molecule has 0 aliphatic carbocycles. The molecule has 3 heterocycles. The van der Waals surface area contributed by atoms with Gasteiger partial charge in [0.05, 0.1) is 36.2 Å². The molecule has 1 aliphatic heterocycles. The van der Waals surface area contributed by atoms with E-state index in [1.807, 2.05) is 42.5 Å². The molecule has 0 spiro atoms. The Hall–Kier alpha value is -4.00. The van der Waals surface area contributed by atoms with Gasteiger partial charge in [-0.1, -0.05) is 18.2 Å². The van der Waals surface area contributed by atoms with Crippen molar-refractivity contribution in [1.82, 2.24) is 15.0 Å². The lowest BCUT2D eigenvalue weighted by Crippen LogP contribution is -2.26. The number of amides is 1. The standard InChI is InChI=1S/C23H18N4O3/c1-29-21-6-3-2-5-16(21)18-14-20(27(26-18)23(28)22-7-4-12-30-22)15-8-9-17-19(13-15)25-11-10-24-17/h2-13,20H,14H2,1H3/t20-/m0/s1. The molecule has 0 saturated carbocycles. The predicted molar refractivity (Wildman–Crippen MR) is 111 cm³/mol. The van der Waals surface area contributed by atoms with Crippen molar-refractivity contribution in [3.8, 4) is 5.75 Å². The second kappa shape index (κ2) is 7.44. The first-order valence-electron chi connectivity index (χ1n) is 9.53. The molecule has 5 rings (SSSR count). The van der Waals surface area contributed by atoms with E-state index in [0.29, 0.717) is 12.2 Å². The third-order valence-electron chi connectivity index (χ3n) is 5.15. The van der Waals surface area contributed by atoms with E-state index in [0.717, 1.165) is 27.9 Å². The van der Waals surface area contributed by atoms with Crippen molar-refractivity contribution in [1.29, 1.82) is 0 Å². The van der Waals surface area contributed by atoms with Crippen LogP contribution in [-0.4, -0.2) is 33.7 Å². The van der Waals surface area contributed by atoms with Crippen LogP contribution in [0.1, 0.15) is 34.1 Å². The largest absolute Gasteiger partial charge is 0.496 e. The number of rotatable bonds is 4. The Morgan fingerprint density at radius 2 is 1.90 bits per heavy atom. The van der Waals surface area contributed by atoms with Crippen LogP contribution in [0.15, 0.2) is 82.8 Å². The smallest absolute Gasteiger partial charge is 0.310 e. The monoisotopic (exact) mass is 398 g/mol. The summed E-state index contributed by atoms with van der Waals surface area (Å²) in [5.74, 6) is 0.659. The van der Waals surface area contributed by atoms with Gasteiger partial charge in [-0.25, -0.2) is 5.01 Å². The maximum absolute atomic E-state index is 13.2. The van der Waals surface area contributed by atoms with Gasteiger partial charge >= 0.3 is 5.91 Å². The quantitative estimate of drug-likeness (QED) is 0.514. The lowest BCUT2D eigenvalue weighted by atomic mass is 9.97. The zero-order chi connectivity index (χ0) is 20.5. The Morgan fingerprint density at radius 1 is 1.07 bits per heavy atom. The number of furan rings is 1. The SMILES string of the molecule is COc1ccccc1C1=NN(C(=O)c2ccco2)[C@H](c2ccc3nccnc3c2)C1. The number of aromatic nitrogens is 2. The number of nitrogens with zero attached hydrogens (tertiary/aromatic N) is 4. The number of carbonyl (C=O) groups excluding carboxylic acids is 1. The summed E-state index contributed by atoms with van der Waals surface area (Å²) in [6, 6.07) is 16.5. The van der Waals surface area contributed by atoms with Crippen molar-refractivity contribution >= 4 is 22.7 Å². The van der Waals surface area contributed by atoms with Crippen LogP contribution in [0.4, 0.5) is 0 Å². The Balaban J connectivity index is 1.59. The minimum Gasteiger partial charge on any atom is -0.496 e. The normalized spacial score (nSPS) is 16.0. The molecule has 0 saturated heterocycles. The lowest BCUT2D eigenvalue weighted by molar-refractivity contribution is 0.0678. The first-order valence-corrected chi connectivity index (χ1v) is 9.53. The van der Waals surface area contributed by atoms with Gasteiger partial charge in [-0.3, -0.25) is 14.8 Å². The molecule has 0 radical (unpaired) electrons. The number of methoxy groups -OCH3 is 1. The molecule has 1 amide bonds. The topological polar surface area (TPSA) is 80.8 Å². The lowest BCUT2D eigenvalue weighted by Gasteiger charge is -2.21. The summed E-state index contributed by atoms with van der Waals surface area (Å²) in [7, 11) is 1.62. The Morgan fingerprint density at radius 3 is 2.70 bits per heavy atom. The van der Waals surface area contributed by atoms with Gasteiger partial charge in [-0.15, -0.1) is 0 Å². The minimum absolute atomic E-state index is 0.241. The second-order valence-corrected chi connectivity index (χ2v) is 6.90. The highest BCUT2D eigenvalue weighted by Gasteiger charge is 2.35.